The predicted octanol–water partition coefficient (Wildman–Crippen LogP) is 13.0. The fourth-order valence-electron chi connectivity index (χ4n) is 13.7. The van der Waals surface area contributed by atoms with E-state index in [4.69, 9.17) is 0 Å². The van der Waals surface area contributed by atoms with Crippen LogP contribution in [0.4, 0.5) is 68.2 Å². The van der Waals surface area contributed by atoms with Gasteiger partial charge >= 0.3 is 0 Å². The molecule has 4 aliphatic heterocycles. The molecule has 4 aliphatic rings. The Balaban J connectivity index is 1.01. The second-order valence-electron chi connectivity index (χ2n) is 20.0. The van der Waals surface area contributed by atoms with Gasteiger partial charge in [-0.3, -0.25) is 0 Å². The molecule has 336 valence electrons. The van der Waals surface area contributed by atoms with E-state index in [-0.39, 0.29) is 13.4 Å². The van der Waals surface area contributed by atoms with E-state index in [0.717, 1.165) is 22.7 Å². The van der Waals surface area contributed by atoms with Gasteiger partial charge in [-0.2, -0.15) is 0 Å². The number of hydrogen-bond donors (Lipinski definition) is 0. The van der Waals surface area contributed by atoms with Crippen LogP contribution in [0.2, 0.25) is 0 Å². The fourth-order valence-corrected chi connectivity index (χ4v) is 13.7. The van der Waals surface area contributed by atoms with E-state index in [2.05, 4.69) is 273 Å². The molecule has 0 unspecified atom stereocenters. The highest BCUT2D eigenvalue weighted by Gasteiger charge is 2.46. The molecule has 73 heavy (non-hydrogen) atoms. The van der Waals surface area contributed by atoms with Gasteiger partial charge in [-0.1, -0.05) is 152 Å². The van der Waals surface area contributed by atoms with Gasteiger partial charge in [0, 0.05) is 84.1 Å². The second-order valence-corrected chi connectivity index (χ2v) is 20.0. The highest BCUT2D eigenvalue weighted by Crippen LogP contribution is 2.52. The standard InChI is InChI=1S/C66H41B2N5/c1-5-21-42(22-6-1)69-54-33-17-14-30-49(54)67-51-39-47-48-40-52-66(72(45-27-11-4-12-28-45)59-38-20-36-57-64(59)68(52)50-31-15-18-34-55(50)70(57)43-23-7-2-8-24-43)62-46-29-13-16-32-53(46)73(65(48)62)60(47)41-61(51)71(44-25-9-3-10-26-44)58-37-19-35-56(69)63(58)67/h1-41H. The van der Waals surface area contributed by atoms with Gasteiger partial charge in [-0.05, 0) is 130 Å². The zero-order valence-corrected chi connectivity index (χ0v) is 39.6. The van der Waals surface area contributed by atoms with Crippen LogP contribution < -0.4 is 52.4 Å². The Morgan fingerprint density at radius 2 is 0.671 bits per heavy atom. The number of aromatic nitrogens is 1. The average Bonchev–Trinajstić information content (AvgIpc) is 3.98. The maximum absolute atomic E-state index is 2.60. The van der Waals surface area contributed by atoms with Crippen LogP contribution in [0.25, 0.3) is 38.1 Å². The summed E-state index contributed by atoms with van der Waals surface area (Å²) >= 11 is 0. The molecule has 5 nitrogen and oxygen atoms in total. The van der Waals surface area contributed by atoms with Crippen molar-refractivity contribution in [2.24, 2.45) is 0 Å². The minimum Gasteiger partial charge on any atom is -0.311 e. The van der Waals surface area contributed by atoms with Crippen LogP contribution in [0.1, 0.15) is 0 Å². The van der Waals surface area contributed by atoms with E-state index in [9.17, 15) is 0 Å². The molecule has 7 heteroatoms. The Bertz CT molecular complexity index is 4430. The lowest BCUT2D eigenvalue weighted by Gasteiger charge is -2.44. The Hall–Kier alpha value is -9.45. The van der Waals surface area contributed by atoms with Crippen LogP contribution >= 0.6 is 0 Å². The third-order valence-corrected chi connectivity index (χ3v) is 16.4. The van der Waals surface area contributed by atoms with Crippen LogP contribution in [-0.4, -0.2) is 17.8 Å². The maximum Gasteiger partial charge on any atom is 0.252 e. The number of anilines is 12. The Labute approximate surface area is 423 Å². The molecule has 0 spiro atoms. The monoisotopic (exact) mass is 925 g/mol. The van der Waals surface area contributed by atoms with Gasteiger partial charge < -0.3 is 24.0 Å². The number of hydrogen-bond acceptors (Lipinski definition) is 4. The minimum absolute atomic E-state index is 0.00959. The van der Waals surface area contributed by atoms with Crippen molar-refractivity contribution >= 4 is 153 Å². The van der Waals surface area contributed by atoms with Crippen LogP contribution in [0.15, 0.2) is 249 Å². The Kier molecular flexibility index (Phi) is 7.84. The van der Waals surface area contributed by atoms with Gasteiger partial charge in [-0.15, -0.1) is 0 Å². The summed E-state index contributed by atoms with van der Waals surface area (Å²) in [6.07, 6.45) is 0. The molecule has 0 fully saturated rings. The zero-order chi connectivity index (χ0) is 47.5. The van der Waals surface area contributed by atoms with Gasteiger partial charge in [0.1, 0.15) is 0 Å². The molecule has 2 aromatic heterocycles. The summed E-state index contributed by atoms with van der Waals surface area (Å²) in [4.78, 5) is 10.1. The van der Waals surface area contributed by atoms with Crippen LogP contribution in [0.5, 0.6) is 0 Å². The van der Waals surface area contributed by atoms with Crippen LogP contribution in [0, 0.1) is 0 Å². The smallest absolute Gasteiger partial charge is 0.252 e. The molecule has 6 heterocycles. The first kappa shape index (κ1) is 39.3. The first-order valence-electron chi connectivity index (χ1n) is 25.4. The summed E-state index contributed by atoms with van der Waals surface area (Å²) in [7, 11) is 0. The lowest BCUT2D eigenvalue weighted by Crippen LogP contribution is -2.61. The summed E-state index contributed by atoms with van der Waals surface area (Å²) in [5, 5.41) is 5.09. The third-order valence-electron chi connectivity index (χ3n) is 16.4. The minimum atomic E-state index is -0.0287. The normalized spacial score (nSPS) is 13.9. The van der Waals surface area contributed by atoms with Crippen molar-refractivity contribution in [1.29, 1.82) is 0 Å². The van der Waals surface area contributed by atoms with Crippen LogP contribution in [-0.2, 0) is 0 Å². The first-order valence-corrected chi connectivity index (χ1v) is 25.4. The van der Waals surface area contributed by atoms with Gasteiger partial charge in [0.25, 0.3) is 13.4 Å². The highest BCUT2D eigenvalue weighted by atomic mass is 15.2. The Morgan fingerprint density at radius 3 is 1.22 bits per heavy atom. The largest absolute Gasteiger partial charge is 0.311 e. The van der Waals surface area contributed by atoms with Crippen molar-refractivity contribution in [2.75, 3.05) is 19.6 Å². The van der Waals surface area contributed by atoms with Crippen molar-refractivity contribution in [3.63, 3.8) is 0 Å². The Morgan fingerprint density at radius 1 is 0.260 bits per heavy atom. The third kappa shape index (κ3) is 5.12. The predicted molar refractivity (Wildman–Crippen MR) is 309 cm³/mol. The summed E-state index contributed by atoms with van der Waals surface area (Å²) in [6.45, 7) is -0.0383. The molecular weight excluding hydrogens is 884 g/mol. The lowest BCUT2D eigenvalue weighted by atomic mass is 9.33. The van der Waals surface area contributed by atoms with Gasteiger partial charge in [-0.25, -0.2) is 0 Å². The molecule has 0 N–H and O–H groups in total. The number of fused-ring (bicyclic) bond motifs is 15. The molecule has 0 bridgehead atoms. The van der Waals surface area contributed by atoms with Gasteiger partial charge in [0.05, 0.1) is 22.2 Å². The average molecular weight is 926 g/mol. The first-order chi connectivity index (χ1) is 36.3. The number of para-hydroxylation sites is 7. The van der Waals surface area contributed by atoms with Crippen molar-refractivity contribution in [2.45, 2.75) is 0 Å². The topological polar surface area (TPSA) is 17.4 Å². The quantitative estimate of drug-likeness (QED) is 0.164. The maximum atomic E-state index is 2.60. The molecule has 0 saturated carbocycles. The summed E-state index contributed by atoms with van der Waals surface area (Å²) in [5.41, 5.74) is 25.9. The lowest BCUT2D eigenvalue weighted by molar-refractivity contribution is 1.25. The zero-order valence-electron chi connectivity index (χ0n) is 39.6. The molecule has 0 aliphatic carbocycles. The number of rotatable bonds is 4. The van der Waals surface area contributed by atoms with Crippen molar-refractivity contribution < 1.29 is 0 Å². The summed E-state index contributed by atoms with van der Waals surface area (Å²) < 4.78 is 2.60. The van der Waals surface area contributed by atoms with Crippen LogP contribution in [0.3, 0.4) is 0 Å². The number of benzene rings is 11. The van der Waals surface area contributed by atoms with E-state index >= 15 is 0 Å². The van der Waals surface area contributed by atoms with E-state index in [1.807, 2.05) is 0 Å². The fraction of sp³-hybridized carbons (Fsp3) is 0. The van der Waals surface area contributed by atoms with Crippen molar-refractivity contribution in [1.82, 2.24) is 4.40 Å². The second kappa shape index (κ2) is 14.6. The molecule has 13 aromatic rings. The summed E-state index contributed by atoms with van der Waals surface area (Å²) in [5.74, 6) is 0. The van der Waals surface area contributed by atoms with E-state index in [1.54, 1.807) is 0 Å². The SMILES string of the molecule is c1ccc(N2c3ccccc3B3c4cc5c6cc7c(c8c9ccccc9n(c5cc4N(c4ccccc4)c4cccc2c43)c68)N(c2ccccc2)c2cccc3c2B7c2ccccc2N3c2ccccc2)cc1. The summed E-state index contributed by atoms with van der Waals surface area (Å²) in [6, 6.07) is 92.7. The molecule has 0 atom stereocenters. The molecular formula is C66H41B2N5. The van der Waals surface area contributed by atoms with Gasteiger partial charge in [0.2, 0.25) is 0 Å². The number of nitrogens with zero attached hydrogens (tertiary/aromatic N) is 5. The molecule has 0 radical (unpaired) electrons. The van der Waals surface area contributed by atoms with E-state index < -0.39 is 0 Å². The molecule has 17 rings (SSSR count). The van der Waals surface area contributed by atoms with E-state index in [1.165, 1.54) is 116 Å². The highest BCUT2D eigenvalue weighted by molar-refractivity contribution is 7.01. The van der Waals surface area contributed by atoms with Crippen molar-refractivity contribution in [3.05, 3.63) is 249 Å². The van der Waals surface area contributed by atoms with Crippen molar-refractivity contribution in [3.8, 4) is 0 Å². The van der Waals surface area contributed by atoms with E-state index in [0.29, 0.717) is 0 Å². The molecule has 0 amide bonds. The molecule has 0 saturated heterocycles. The van der Waals surface area contributed by atoms with Gasteiger partial charge in [0.15, 0.2) is 0 Å². The molecule has 11 aromatic carbocycles.